The standard InChI is InChI=1S/C19H16N2O3/c1-14-7-5-6-10-16(14)17(22)13-20-11-12-21(19(24)18(20)23)15-8-3-2-4-9-15/h2-12H,13H2,1H3. The van der Waals surface area contributed by atoms with E-state index in [1.807, 2.05) is 25.1 Å². The Hall–Kier alpha value is -3.21. The molecule has 0 atom stereocenters. The zero-order valence-corrected chi connectivity index (χ0v) is 13.2. The minimum Gasteiger partial charge on any atom is -0.301 e. The molecule has 120 valence electrons. The molecule has 0 N–H and O–H groups in total. The van der Waals surface area contributed by atoms with E-state index in [1.54, 1.807) is 36.4 Å². The number of ketones is 1. The Labute approximate surface area is 138 Å². The molecule has 2 aromatic carbocycles. The minimum absolute atomic E-state index is 0.158. The molecule has 0 unspecified atom stereocenters. The number of para-hydroxylation sites is 1. The Morgan fingerprint density at radius 2 is 1.54 bits per heavy atom. The van der Waals surface area contributed by atoms with Gasteiger partial charge in [0.1, 0.15) is 0 Å². The molecule has 0 aliphatic carbocycles. The van der Waals surface area contributed by atoms with Crippen molar-refractivity contribution in [2.24, 2.45) is 0 Å². The van der Waals surface area contributed by atoms with Gasteiger partial charge in [-0.3, -0.25) is 19.0 Å². The van der Waals surface area contributed by atoms with Gasteiger partial charge in [-0.25, -0.2) is 0 Å². The van der Waals surface area contributed by atoms with Crippen LogP contribution in [0.5, 0.6) is 0 Å². The first-order chi connectivity index (χ1) is 11.6. The normalized spacial score (nSPS) is 10.5. The largest absolute Gasteiger partial charge is 0.320 e. The van der Waals surface area contributed by atoms with Crippen molar-refractivity contribution in [1.29, 1.82) is 0 Å². The van der Waals surface area contributed by atoms with Gasteiger partial charge in [-0.1, -0.05) is 42.5 Å². The molecule has 1 heterocycles. The fourth-order valence-corrected chi connectivity index (χ4v) is 2.55. The summed E-state index contributed by atoms with van der Waals surface area (Å²) in [4.78, 5) is 37.0. The highest BCUT2D eigenvalue weighted by Gasteiger charge is 2.12. The van der Waals surface area contributed by atoms with Gasteiger partial charge in [0.2, 0.25) is 0 Å². The summed E-state index contributed by atoms with van der Waals surface area (Å²) in [7, 11) is 0. The molecule has 0 spiro atoms. The first-order valence-electron chi connectivity index (χ1n) is 7.54. The zero-order valence-electron chi connectivity index (χ0n) is 13.2. The van der Waals surface area contributed by atoms with Gasteiger partial charge in [-0.05, 0) is 24.6 Å². The van der Waals surface area contributed by atoms with Crippen molar-refractivity contribution in [2.75, 3.05) is 0 Å². The van der Waals surface area contributed by atoms with Crippen molar-refractivity contribution in [1.82, 2.24) is 9.13 Å². The molecule has 0 saturated heterocycles. The van der Waals surface area contributed by atoms with E-state index in [-0.39, 0.29) is 12.3 Å². The van der Waals surface area contributed by atoms with Crippen LogP contribution in [0.3, 0.4) is 0 Å². The van der Waals surface area contributed by atoms with Gasteiger partial charge in [-0.15, -0.1) is 0 Å². The number of nitrogens with zero attached hydrogens (tertiary/aromatic N) is 2. The molecular weight excluding hydrogens is 304 g/mol. The summed E-state index contributed by atoms with van der Waals surface area (Å²) in [6.07, 6.45) is 2.97. The van der Waals surface area contributed by atoms with Gasteiger partial charge < -0.3 is 4.57 Å². The SMILES string of the molecule is Cc1ccccc1C(=O)Cn1ccn(-c2ccccc2)c(=O)c1=O. The van der Waals surface area contributed by atoms with Crippen LogP contribution in [0.2, 0.25) is 0 Å². The molecule has 0 aliphatic heterocycles. The van der Waals surface area contributed by atoms with Crippen LogP contribution in [0, 0.1) is 6.92 Å². The molecule has 3 aromatic rings. The number of hydrogen-bond acceptors (Lipinski definition) is 3. The van der Waals surface area contributed by atoms with Crippen molar-refractivity contribution < 1.29 is 4.79 Å². The fourth-order valence-electron chi connectivity index (χ4n) is 2.55. The number of carbonyl (C=O) groups is 1. The molecule has 0 saturated carbocycles. The molecule has 5 heteroatoms. The summed E-state index contributed by atoms with van der Waals surface area (Å²) >= 11 is 0. The Morgan fingerprint density at radius 1 is 0.875 bits per heavy atom. The molecule has 0 bridgehead atoms. The van der Waals surface area contributed by atoms with E-state index in [0.29, 0.717) is 11.3 Å². The van der Waals surface area contributed by atoms with Gasteiger partial charge in [0.15, 0.2) is 5.78 Å². The van der Waals surface area contributed by atoms with Crippen LogP contribution < -0.4 is 11.1 Å². The van der Waals surface area contributed by atoms with Gasteiger partial charge in [0, 0.05) is 23.6 Å². The van der Waals surface area contributed by atoms with Crippen LogP contribution in [-0.4, -0.2) is 14.9 Å². The second kappa shape index (κ2) is 6.50. The first-order valence-corrected chi connectivity index (χ1v) is 7.54. The summed E-state index contributed by atoms with van der Waals surface area (Å²) in [6, 6.07) is 16.1. The number of rotatable bonds is 4. The molecule has 0 radical (unpaired) electrons. The number of benzene rings is 2. The average molecular weight is 320 g/mol. The molecule has 3 rings (SSSR count). The molecule has 0 amide bonds. The monoisotopic (exact) mass is 320 g/mol. The van der Waals surface area contributed by atoms with Gasteiger partial charge in [0.05, 0.1) is 6.54 Å². The van der Waals surface area contributed by atoms with Crippen LogP contribution >= 0.6 is 0 Å². The Bertz CT molecular complexity index is 1000. The lowest BCUT2D eigenvalue weighted by Crippen LogP contribution is -2.41. The summed E-state index contributed by atoms with van der Waals surface area (Å²) < 4.78 is 2.42. The predicted octanol–water partition coefficient (Wildman–Crippen LogP) is 2.19. The predicted molar refractivity (Wildman–Crippen MR) is 91.8 cm³/mol. The van der Waals surface area contributed by atoms with Crippen LogP contribution in [-0.2, 0) is 6.54 Å². The lowest BCUT2D eigenvalue weighted by molar-refractivity contribution is 0.0970. The lowest BCUT2D eigenvalue weighted by Gasteiger charge is -2.09. The first kappa shape index (κ1) is 15.7. The van der Waals surface area contributed by atoms with Crippen molar-refractivity contribution in [3.63, 3.8) is 0 Å². The number of aryl methyl sites for hydroxylation is 1. The van der Waals surface area contributed by atoms with E-state index < -0.39 is 11.1 Å². The van der Waals surface area contributed by atoms with Crippen LogP contribution in [0.25, 0.3) is 5.69 Å². The van der Waals surface area contributed by atoms with Crippen LogP contribution in [0.15, 0.2) is 76.6 Å². The topological polar surface area (TPSA) is 61.1 Å². The lowest BCUT2D eigenvalue weighted by atomic mass is 10.1. The van der Waals surface area contributed by atoms with Crippen LogP contribution in [0.1, 0.15) is 15.9 Å². The van der Waals surface area contributed by atoms with E-state index in [2.05, 4.69) is 0 Å². The maximum absolute atomic E-state index is 12.4. The van der Waals surface area contributed by atoms with E-state index in [0.717, 1.165) is 10.1 Å². The third-order valence-corrected chi connectivity index (χ3v) is 3.85. The maximum Gasteiger partial charge on any atom is 0.320 e. The third-order valence-electron chi connectivity index (χ3n) is 3.85. The summed E-state index contributed by atoms with van der Waals surface area (Å²) in [5.74, 6) is -0.202. The van der Waals surface area contributed by atoms with E-state index in [4.69, 9.17) is 0 Å². The smallest absolute Gasteiger partial charge is 0.301 e. The Balaban J connectivity index is 1.95. The molecular formula is C19H16N2O3. The highest BCUT2D eigenvalue weighted by molar-refractivity contribution is 5.97. The van der Waals surface area contributed by atoms with Crippen LogP contribution in [0.4, 0.5) is 0 Å². The third kappa shape index (κ3) is 2.96. The minimum atomic E-state index is -0.719. The fraction of sp³-hybridized carbons (Fsp3) is 0.105. The number of hydrogen-bond donors (Lipinski definition) is 0. The summed E-state index contributed by atoms with van der Waals surface area (Å²) in [5, 5.41) is 0. The van der Waals surface area contributed by atoms with Gasteiger partial charge in [0.25, 0.3) is 0 Å². The van der Waals surface area contributed by atoms with Crippen molar-refractivity contribution in [3.8, 4) is 5.69 Å². The van der Waals surface area contributed by atoms with Gasteiger partial charge in [-0.2, -0.15) is 0 Å². The molecule has 1 aromatic heterocycles. The summed E-state index contributed by atoms with van der Waals surface area (Å²) in [5.41, 5.74) is 0.603. The van der Waals surface area contributed by atoms with Crippen molar-refractivity contribution in [2.45, 2.75) is 13.5 Å². The number of carbonyl (C=O) groups excluding carboxylic acids is 1. The van der Waals surface area contributed by atoms with E-state index in [9.17, 15) is 14.4 Å². The molecule has 0 aliphatic rings. The highest BCUT2D eigenvalue weighted by atomic mass is 16.2. The molecule has 0 fully saturated rings. The second-order valence-electron chi connectivity index (χ2n) is 5.48. The maximum atomic E-state index is 12.4. The van der Waals surface area contributed by atoms with E-state index in [1.165, 1.54) is 17.0 Å². The number of aromatic nitrogens is 2. The Kier molecular flexibility index (Phi) is 4.24. The molecule has 5 nitrogen and oxygen atoms in total. The second-order valence-corrected chi connectivity index (χ2v) is 5.48. The van der Waals surface area contributed by atoms with Crippen molar-refractivity contribution in [3.05, 3.63) is 98.8 Å². The zero-order chi connectivity index (χ0) is 17.1. The summed E-state index contributed by atoms with van der Waals surface area (Å²) in [6.45, 7) is 1.68. The molecule has 24 heavy (non-hydrogen) atoms. The Morgan fingerprint density at radius 3 is 2.25 bits per heavy atom. The van der Waals surface area contributed by atoms with E-state index >= 15 is 0 Å². The van der Waals surface area contributed by atoms with Crippen molar-refractivity contribution >= 4 is 5.78 Å². The highest BCUT2D eigenvalue weighted by Crippen LogP contribution is 2.08. The number of Topliss-reactive ketones (excluding diaryl/α,β-unsaturated/α-hetero) is 1. The quantitative estimate of drug-likeness (QED) is 0.547. The average Bonchev–Trinajstić information content (AvgIpc) is 2.60. The van der Waals surface area contributed by atoms with Gasteiger partial charge >= 0.3 is 11.1 Å².